The third kappa shape index (κ3) is 3.84. The highest BCUT2D eigenvalue weighted by Gasteiger charge is 2.26. The molecule has 0 unspecified atom stereocenters. The minimum Gasteiger partial charge on any atom is -0.340 e. The van der Waals surface area contributed by atoms with Crippen molar-refractivity contribution < 1.29 is 14.0 Å². The van der Waals surface area contributed by atoms with Gasteiger partial charge in [-0.15, -0.1) is 0 Å². The van der Waals surface area contributed by atoms with E-state index in [-0.39, 0.29) is 30.1 Å². The highest BCUT2D eigenvalue weighted by Crippen LogP contribution is 2.15. The summed E-state index contributed by atoms with van der Waals surface area (Å²) in [6.07, 6.45) is 1.10. The van der Waals surface area contributed by atoms with Crippen LogP contribution in [0.3, 0.4) is 0 Å². The Bertz CT molecular complexity index is 547. The summed E-state index contributed by atoms with van der Waals surface area (Å²) in [5.74, 6) is -0.244. The van der Waals surface area contributed by atoms with Gasteiger partial charge in [-0.3, -0.25) is 9.59 Å². The zero-order chi connectivity index (χ0) is 16.1. The van der Waals surface area contributed by atoms with Crippen molar-refractivity contribution in [2.45, 2.75) is 33.2 Å². The number of hydrogen-bond acceptors (Lipinski definition) is 2. The summed E-state index contributed by atoms with van der Waals surface area (Å²) in [6.45, 7) is 5.58. The molecule has 1 aliphatic rings. The molecule has 0 aliphatic carbocycles. The average molecular weight is 306 g/mol. The molecule has 120 valence electrons. The first-order chi connectivity index (χ1) is 10.5. The summed E-state index contributed by atoms with van der Waals surface area (Å²) >= 11 is 0. The van der Waals surface area contributed by atoms with Gasteiger partial charge in [0.1, 0.15) is 5.82 Å². The van der Waals surface area contributed by atoms with Crippen LogP contribution in [0.4, 0.5) is 4.39 Å². The number of benzene rings is 1. The first-order valence-corrected chi connectivity index (χ1v) is 7.83. The molecule has 1 aromatic rings. The highest BCUT2D eigenvalue weighted by molar-refractivity contribution is 5.81. The van der Waals surface area contributed by atoms with Gasteiger partial charge in [0.05, 0.1) is 0 Å². The third-order valence-electron chi connectivity index (χ3n) is 4.25. The zero-order valence-electron chi connectivity index (χ0n) is 13.2. The van der Waals surface area contributed by atoms with Crippen molar-refractivity contribution in [1.82, 2.24) is 9.80 Å². The lowest BCUT2D eigenvalue weighted by Gasteiger charge is -2.24. The SMILES string of the molecule is CC[C@@H](C)C(=O)N1CCC(=O)N(Cc2ccccc2F)CC1. The quantitative estimate of drug-likeness (QED) is 0.857. The fourth-order valence-electron chi connectivity index (χ4n) is 2.57. The van der Waals surface area contributed by atoms with Crippen molar-refractivity contribution in [1.29, 1.82) is 0 Å². The lowest BCUT2D eigenvalue weighted by atomic mass is 10.1. The molecule has 0 bridgehead atoms. The number of rotatable bonds is 4. The summed E-state index contributed by atoms with van der Waals surface area (Å²) in [5, 5.41) is 0. The monoisotopic (exact) mass is 306 g/mol. The molecular weight excluding hydrogens is 283 g/mol. The first kappa shape index (κ1) is 16.5. The maximum atomic E-state index is 13.7. The maximum absolute atomic E-state index is 13.7. The molecule has 0 N–H and O–H groups in total. The van der Waals surface area contributed by atoms with Crippen LogP contribution >= 0.6 is 0 Å². The van der Waals surface area contributed by atoms with E-state index in [9.17, 15) is 14.0 Å². The lowest BCUT2D eigenvalue weighted by Crippen LogP contribution is -2.38. The molecule has 1 saturated heterocycles. The minimum absolute atomic E-state index is 0.0202. The second-order valence-corrected chi connectivity index (χ2v) is 5.79. The minimum atomic E-state index is -0.299. The van der Waals surface area contributed by atoms with E-state index in [1.165, 1.54) is 6.07 Å². The largest absolute Gasteiger partial charge is 0.340 e. The van der Waals surface area contributed by atoms with E-state index in [1.807, 2.05) is 13.8 Å². The zero-order valence-corrected chi connectivity index (χ0v) is 13.2. The van der Waals surface area contributed by atoms with Crippen LogP contribution < -0.4 is 0 Å². The Labute approximate surface area is 130 Å². The number of carbonyl (C=O) groups is 2. The van der Waals surface area contributed by atoms with Gasteiger partial charge in [0.25, 0.3) is 0 Å². The summed E-state index contributed by atoms with van der Waals surface area (Å²) in [6, 6.07) is 6.49. The molecule has 0 radical (unpaired) electrons. The van der Waals surface area contributed by atoms with E-state index < -0.39 is 0 Å². The Hall–Kier alpha value is -1.91. The van der Waals surface area contributed by atoms with Gasteiger partial charge in [-0.1, -0.05) is 32.0 Å². The molecule has 1 aliphatic heterocycles. The van der Waals surface area contributed by atoms with Gasteiger partial charge in [-0.25, -0.2) is 4.39 Å². The molecule has 1 atom stereocenters. The summed E-state index contributed by atoms with van der Waals surface area (Å²) in [4.78, 5) is 27.8. The van der Waals surface area contributed by atoms with E-state index in [0.717, 1.165) is 6.42 Å². The topological polar surface area (TPSA) is 40.6 Å². The molecule has 0 saturated carbocycles. The molecule has 1 fully saturated rings. The van der Waals surface area contributed by atoms with Crippen LogP contribution in [0, 0.1) is 11.7 Å². The predicted molar refractivity (Wildman–Crippen MR) is 82.5 cm³/mol. The molecule has 2 rings (SSSR count). The van der Waals surface area contributed by atoms with E-state index >= 15 is 0 Å². The second kappa shape index (κ2) is 7.38. The summed E-state index contributed by atoms with van der Waals surface area (Å²) < 4.78 is 13.7. The molecule has 2 amide bonds. The molecular formula is C17H23FN2O2. The van der Waals surface area contributed by atoms with E-state index in [2.05, 4.69) is 0 Å². The number of halogens is 1. The Morgan fingerprint density at radius 3 is 2.68 bits per heavy atom. The molecule has 4 nitrogen and oxygen atoms in total. The van der Waals surface area contributed by atoms with Crippen LogP contribution in [-0.2, 0) is 16.1 Å². The van der Waals surface area contributed by atoms with Crippen molar-refractivity contribution in [2.24, 2.45) is 5.92 Å². The fraction of sp³-hybridized carbons (Fsp3) is 0.529. The fourth-order valence-corrected chi connectivity index (χ4v) is 2.57. The van der Waals surface area contributed by atoms with Gasteiger partial charge in [0.2, 0.25) is 11.8 Å². The third-order valence-corrected chi connectivity index (χ3v) is 4.25. The predicted octanol–water partition coefficient (Wildman–Crippen LogP) is 2.43. The van der Waals surface area contributed by atoms with Crippen molar-refractivity contribution in [3.05, 3.63) is 35.6 Å². The lowest BCUT2D eigenvalue weighted by molar-refractivity contribution is -0.134. The second-order valence-electron chi connectivity index (χ2n) is 5.79. The number of hydrogen-bond donors (Lipinski definition) is 0. The standard InChI is InChI=1S/C17H23FN2O2/c1-3-13(2)17(22)19-9-8-16(21)20(11-10-19)12-14-6-4-5-7-15(14)18/h4-7,13H,3,8-12H2,1-2H3/t13-/m1/s1. The van der Waals surface area contributed by atoms with Gasteiger partial charge < -0.3 is 9.80 Å². The Kier molecular flexibility index (Phi) is 5.52. The van der Waals surface area contributed by atoms with E-state index in [0.29, 0.717) is 31.6 Å². The van der Waals surface area contributed by atoms with Gasteiger partial charge in [0.15, 0.2) is 0 Å². The van der Waals surface area contributed by atoms with Crippen molar-refractivity contribution in [3.8, 4) is 0 Å². The van der Waals surface area contributed by atoms with Crippen LogP contribution in [-0.4, -0.2) is 41.2 Å². The van der Waals surface area contributed by atoms with Crippen molar-refractivity contribution in [3.63, 3.8) is 0 Å². The van der Waals surface area contributed by atoms with Crippen LogP contribution in [0.5, 0.6) is 0 Å². The van der Waals surface area contributed by atoms with Gasteiger partial charge in [-0.2, -0.15) is 0 Å². The van der Waals surface area contributed by atoms with Gasteiger partial charge in [0, 0.05) is 44.1 Å². The van der Waals surface area contributed by atoms with Gasteiger partial charge in [-0.05, 0) is 12.5 Å². The molecule has 0 spiro atoms. The van der Waals surface area contributed by atoms with Crippen LogP contribution in [0.15, 0.2) is 24.3 Å². The van der Waals surface area contributed by atoms with E-state index in [1.54, 1.807) is 28.0 Å². The van der Waals surface area contributed by atoms with E-state index in [4.69, 9.17) is 0 Å². The molecule has 22 heavy (non-hydrogen) atoms. The van der Waals surface area contributed by atoms with Crippen molar-refractivity contribution in [2.75, 3.05) is 19.6 Å². The Morgan fingerprint density at radius 1 is 1.27 bits per heavy atom. The van der Waals surface area contributed by atoms with Crippen LogP contribution in [0.25, 0.3) is 0 Å². The van der Waals surface area contributed by atoms with Gasteiger partial charge >= 0.3 is 0 Å². The Balaban J connectivity index is 2.02. The number of amides is 2. The van der Waals surface area contributed by atoms with Crippen LogP contribution in [0.2, 0.25) is 0 Å². The number of carbonyl (C=O) groups excluding carboxylic acids is 2. The highest BCUT2D eigenvalue weighted by atomic mass is 19.1. The Morgan fingerprint density at radius 2 is 2.00 bits per heavy atom. The summed E-state index contributed by atoms with van der Waals surface area (Å²) in [7, 11) is 0. The molecule has 5 heteroatoms. The average Bonchev–Trinajstić information content (AvgIpc) is 2.70. The maximum Gasteiger partial charge on any atom is 0.225 e. The first-order valence-electron chi connectivity index (χ1n) is 7.83. The number of nitrogens with zero attached hydrogens (tertiary/aromatic N) is 2. The molecule has 0 aromatic heterocycles. The van der Waals surface area contributed by atoms with Crippen LogP contribution in [0.1, 0.15) is 32.3 Å². The van der Waals surface area contributed by atoms with Crippen molar-refractivity contribution >= 4 is 11.8 Å². The smallest absolute Gasteiger partial charge is 0.225 e. The summed E-state index contributed by atoms with van der Waals surface area (Å²) in [5.41, 5.74) is 0.512. The molecule has 1 heterocycles. The molecule has 1 aromatic carbocycles. The normalized spacial score (nSPS) is 17.3.